The first-order valence-corrected chi connectivity index (χ1v) is 13.6. The predicted molar refractivity (Wildman–Crippen MR) is 130 cm³/mol. The van der Waals surface area contributed by atoms with Crippen molar-refractivity contribution in [3.8, 4) is 0 Å². The maximum atomic E-state index is 14.7. The summed E-state index contributed by atoms with van der Waals surface area (Å²) < 4.78 is 61.6. The molecule has 2 aliphatic heterocycles. The van der Waals surface area contributed by atoms with Gasteiger partial charge in [-0.2, -0.15) is 0 Å². The van der Waals surface area contributed by atoms with Gasteiger partial charge in [0.2, 0.25) is 9.84 Å². The summed E-state index contributed by atoms with van der Waals surface area (Å²) in [5.41, 5.74) is 0.601. The molecule has 5 rings (SSSR count). The molecule has 3 aromatic rings. The second kappa shape index (κ2) is 10.2. The number of morpholine rings is 1. The molecule has 0 radical (unpaired) electrons. The van der Waals surface area contributed by atoms with Gasteiger partial charge in [0.05, 0.1) is 23.8 Å². The van der Waals surface area contributed by atoms with Crippen molar-refractivity contribution in [3.63, 3.8) is 0 Å². The number of aromatic nitrogens is 1. The monoisotopic (exact) mass is 501 g/mol. The van der Waals surface area contributed by atoms with Crippen LogP contribution in [-0.2, 0) is 14.6 Å². The van der Waals surface area contributed by atoms with Crippen LogP contribution in [-0.4, -0.2) is 63.7 Å². The number of rotatable bonds is 6. The molecule has 0 bridgehead atoms. The molecule has 35 heavy (non-hydrogen) atoms. The predicted octanol–water partition coefficient (Wildman–Crippen LogP) is 4.43. The Morgan fingerprint density at radius 2 is 1.83 bits per heavy atom. The molecule has 2 aliphatic rings. The summed E-state index contributed by atoms with van der Waals surface area (Å²) in [6.45, 7) is 4.75. The lowest BCUT2D eigenvalue weighted by molar-refractivity contribution is 0.0362. The van der Waals surface area contributed by atoms with Crippen LogP contribution >= 0.6 is 0 Å². The average molecular weight is 502 g/mol. The minimum atomic E-state index is -4.10. The third-order valence-electron chi connectivity index (χ3n) is 6.98. The highest BCUT2D eigenvalue weighted by molar-refractivity contribution is 7.91. The van der Waals surface area contributed by atoms with E-state index >= 15 is 0 Å². The van der Waals surface area contributed by atoms with Gasteiger partial charge in [0.25, 0.3) is 0 Å². The first-order valence-electron chi connectivity index (χ1n) is 12.1. The van der Waals surface area contributed by atoms with Gasteiger partial charge in [-0.25, -0.2) is 17.2 Å². The minimum absolute atomic E-state index is 0.0144. The molecule has 3 heterocycles. The molecule has 0 N–H and O–H groups in total. The molecule has 1 atom stereocenters. The highest BCUT2D eigenvalue weighted by Gasteiger charge is 2.32. The molecule has 9 heteroatoms. The number of hydrogen-bond donors (Lipinski definition) is 0. The highest BCUT2D eigenvalue weighted by Crippen LogP contribution is 2.40. The van der Waals surface area contributed by atoms with Crippen molar-refractivity contribution in [1.82, 2.24) is 9.88 Å². The quantitative estimate of drug-likeness (QED) is 0.498. The van der Waals surface area contributed by atoms with Gasteiger partial charge in [0, 0.05) is 43.8 Å². The fourth-order valence-electron chi connectivity index (χ4n) is 5.16. The number of halogens is 2. The number of hydrogen-bond acceptors (Lipinski definition) is 6. The van der Waals surface area contributed by atoms with Gasteiger partial charge in [-0.05, 0) is 49.9 Å². The van der Waals surface area contributed by atoms with Crippen molar-refractivity contribution >= 4 is 26.4 Å². The number of pyridine rings is 1. The van der Waals surface area contributed by atoms with Gasteiger partial charge in [-0.1, -0.05) is 18.2 Å². The van der Waals surface area contributed by atoms with Crippen LogP contribution in [0.15, 0.2) is 58.5 Å². The number of sulfone groups is 1. The number of para-hydroxylation sites is 1. The first-order chi connectivity index (χ1) is 16.9. The first kappa shape index (κ1) is 24.1. The summed E-state index contributed by atoms with van der Waals surface area (Å²) in [7, 11) is -4.10. The van der Waals surface area contributed by atoms with Gasteiger partial charge in [-0.3, -0.25) is 9.88 Å². The van der Waals surface area contributed by atoms with E-state index in [-0.39, 0.29) is 21.3 Å². The molecule has 186 valence electrons. The van der Waals surface area contributed by atoms with Crippen LogP contribution in [0.4, 0.5) is 14.5 Å². The number of fused-ring (bicyclic) bond motifs is 1. The van der Waals surface area contributed by atoms with E-state index in [9.17, 15) is 17.2 Å². The Morgan fingerprint density at radius 3 is 2.63 bits per heavy atom. The molecule has 0 amide bonds. The molecule has 0 spiro atoms. The Kier molecular flexibility index (Phi) is 7.00. The summed E-state index contributed by atoms with van der Waals surface area (Å²) >= 11 is 0. The van der Waals surface area contributed by atoms with Gasteiger partial charge in [-0.15, -0.1) is 0 Å². The summed E-state index contributed by atoms with van der Waals surface area (Å²) in [6.07, 6.45) is 4.97. The van der Waals surface area contributed by atoms with E-state index in [2.05, 4.69) is 14.8 Å². The number of piperidine rings is 1. The molecule has 2 saturated heterocycles. The van der Waals surface area contributed by atoms with Crippen molar-refractivity contribution in [2.75, 3.05) is 44.3 Å². The molecule has 1 aromatic heterocycles. The Balaban J connectivity index is 1.60. The molecular weight excluding hydrogens is 472 g/mol. The fraction of sp³-hybridized carbons (Fsp3) is 0.423. The highest BCUT2D eigenvalue weighted by atomic mass is 32.2. The normalized spacial score (nSPS) is 19.8. The van der Waals surface area contributed by atoms with Gasteiger partial charge < -0.3 is 9.64 Å². The van der Waals surface area contributed by atoms with E-state index in [1.165, 1.54) is 30.5 Å². The lowest BCUT2D eigenvalue weighted by atomic mass is 9.97. The average Bonchev–Trinajstić information content (AvgIpc) is 2.88. The van der Waals surface area contributed by atoms with Crippen molar-refractivity contribution in [3.05, 3.63) is 60.3 Å². The zero-order valence-corrected chi connectivity index (χ0v) is 20.3. The number of anilines is 1. The zero-order chi connectivity index (χ0) is 24.4. The van der Waals surface area contributed by atoms with Crippen LogP contribution in [0.1, 0.15) is 25.7 Å². The van der Waals surface area contributed by atoms with Crippen LogP contribution in [0.2, 0.25) is 0 Å². The Labute approximate surface area is 204 Å². The zero-order valence-electron chi connectivity index (χ0n) is 19.5. The van der Waals surface area contributed by atoms with Crippen LogP contribution in [0.3, 0.4) is 0 Å². The van der Waals surface area contributed by atoms with Gasteiger partial charge in [0.15, 0.2) is 0 Å². The third-order valence-corrected chi connectivity index (χ3v) is 8.73. The molecule has 0 unspecified atom stereocenters. The van der Waals surface area contributed by atoms with Crippen molar-refractivity contribution in [2.45, 2.75) is 41.5 Å². The van der Waals surface area contributed by atoms with Crippen LogP contribution in [0.5, 0.6) is 0 Å². The summed E-state index contributed by atoms with van der Waals surface area (Å²) in [5.74, 6) is -1.13. The van der Waals surface area contributed by atoms with E-state index in [4.69, 9.17) is 4.74 Å². The van der Waals surface area contributed by atoms with Crippen LogP contribution in [0.25, 0.3) is 10.9 Å². The molecular formula is C26H29F2N3O3S. The van der Waals surface area contributed by atoms with E-state index in [1.54, 1.807) is 12.1 Å². The summed E-state index contributed by atoms with van der Waals surface area (Å²) in [5, 5.41) is 0.459. The molecule has 2 aromatic carbocycles. The summed E-state index contributed by atoms with van der Waals surface area (Å²) in [6, 6.07) is 9.70. The lowest BCUT2D eigenvalue weighted by Gasteiger charge is -2.40. The van der Waals surface area contributed by atoms with E-state index < -0.39 is 21.5 Å². The number of nitrogens with zero attached hydrogens (tertiary/aromatic N) is 3. The van der Waals surface area contributed by atoms with Gasteiger partial charge in [0.1, 0.15) is 22.0 Å². The molecule has 6 nitrogen and oxygen atoms in total. The van der Waals surface area contributed by atoms with Crippen LogP contribution < -0.4 is 4.90 Å². The fourth-order valence-corrected chi connectivity index (χ4v) is 6.61. The maximum absolute atomic E-state index is 14.7. The van der Waals surface area contributed by atoms with Crippen molar-refractivity contribution < 1.29 is 21.9 Å². The number of ether oxygens (including phenoxy) is 1. The molecule has 0 aliphatic carbocycles. The maximum Gasteiger partial charge on any atom is 0.210 e. The second-order valence-electron chi connectivity index (χ2n) is 9.15. The smallest absolute Gasteiger partial charge is 0.210 e. The second-order valence-corrected chi connectivity index (χ2v) is 11.1. The van der Waals surface area contributed by atoms with Crippen molar-refractivity contribution in [1.29, 1.82) is 0 Å². The third kappa shape index (κ3) is 4.90. The molecule has 0 saturated carbocycles. The standard InChI is InChI=1S/C26H29F2N3O3S/c27-19-5-3-7-21(17-19)35(32,33)24-18-29-25-22(8-4-9-23(25)28)26(24)31-11-2-1-6-20(31)10-12-30-13-15-34-16-14-30/h3-5,7-9,17-18,20H,1-2,6,10-16H2/t20-/m0/s1. The van der Waals surface area contributed by atoms with Crippen molar-refractivity contribution in [2.24, 2.45) is 0 Å². The lowest BCUT2D eigenvalue weighted by Crippen LogP contribution is -2.44. The summed E-state index contributed by atoms with van der Waals surface area (Å²) in [4.78, 5) is 8.53. The Bertz CT molecular complexity index is 1310. The SMILES string of the molecule is O=S(=O)(c1cccc(F)c1)c1cnc2c(F)cccc2c1N1CCCC[C@H]1CCN1CCOCC1. The van der Waals surface area contributed by atoms with E-state index in [0.717, 1.165) is 64.6 Å². The largest absolute Gasteiger partial charge is 0.379 e. The van der Waals surface area contributed by atoms with E-state index in [1.807, 2.05) is 0 Å². The van der Waals surface area contributed by atoms with Gasteiger partial charge >= 0.3 is 0 Å². The minimum Gasteiger partial charge on any atom is -0.379 e. The topological polar surface area (TPSA) is 62.7 Å². The van der Waals surface area contributed by atoms with E-state index in [0.29, 0.717) is 17.6 Å². The van der Waals surface area contributed by atoms with Crippen LogP contribution in [0, 0.1) is 11.6 Å². The Hall–Kier alpha value is -2.62. The number of benzene rings is 2. The molecule has 2 fully saturated rings. The Morgan fingerprint density at radius 1 is 1.03 bits per heavy atom.